The topological polar surface area (TPSA) is 80.0 Å². The normalized spacial score (nSPS) is 18.3. The lowest BCUT2D eigenvalue weighted by Gasteiger charge is -2.23. The predicted molar refractivity (Wildman–Crippen MR) is 81.9 cm³/mol. The zero-order valence-corrected chi connectivity index (χ0v) is 12.9. The van der Waals surface area contributed by atoms with Crippen LogP contribution in [0.15, 0.2) is 10.6 Å². The molecule has 3 rings (SSSR count). The van der Waals surface area contributed by atoms with Crippen molar-refractivity contribution in [3.05, 3.63) is 23.0 Å². The van der Waals surface area contributed by atoms with Gasteiger partial charge in [0.05, 0.1) is 16.6 Å². The van der Waals surface area contributed by atoms with Crippen LogP contribution < -0.4 is 10.6 Å². The Morgan fingerprint density at radius 3 is 3.00 bits per heavy atom. The molecule has 1 amide bonds. The summed E-state index contributed by atoms with van der Waals surface area (Å²) >= 11 is 0. The zero-order chi connectivity index (χ0) is 14.1. The molecule has 1 aliphatic heterocycles. The molecule has 1 atom stereocenters. The van der Waals surface area contributed by atoms with Gasteiger partial charge in [-0.25, -0.2) is 4.98 Å². The van der Waals surface area contributed by atoms with E-state index in [9.17, 15) is 4.79 Å². The summed E-state index contributed by atoms with van der Waals surface area (Å²) in [5, 5.41) is 11.0. The molecule has 0 aromatic carbocycles. The summed E-state index contributed by atoms with van der Waals surface area (Å²) in [4.78, 5) is 16.8. The summed E-state index contributed by atoms with van der Waals surface area (Å²) in [5.41, 5.74) is 2.46. The van der Waals surface area contributed by atoms with Crippen molar-refractivity contribution in [3.8, 4) is 0 Å². The first-order chi connectivity index (χ1) is 9.65. The van der Waals surface area contributed by atoms with Crippen molar-refractivity contribution in [1.82, 2.24) is 20.8 Å². The highest BCUT2D eigenvalue weighted by atomic mass is 35.5. The van der Waals surface area contributed by atoms with E-state index in [0.717, 1.165) is 31.6 Å². The Kier molecular flexibility index (Phi) is 4.80. The standard InChI is InChI=1S/C14H18N4O2.ClH/c1-8-6-11(12-9(2)18-20-14(12)16-8)13(19)17-10-4-3-5-15-7-10;/h6,10,15H,3-5,7H2,1-2H3,(H,17,19);1H. The van der Waals surface area contributed by atoms with Gasteiger partial charge in [0, 0.05) is 18.3 Å². The van der Waals surface area contributed by atoms with E-state index in [1.165, 1.54) is 0 Å². The molecule has 0 saturated carbocycles. The van der Waals surface area contributed by atoms with E-state index in [1.807, 2.05) is 13.8 Å². The molecule has 0 aliphatic carbocycles. The van der Waals surface area contributed by atoms with Crippen molar-refractivity contribution in [2.75, 3.05) is 13.1 Å². The fourth-order valence-corrected chi connectivity index (χ4v) is 2.63. The van der Waals surface area contributed by atoms with Gasteiger partial charge in [-0.1, -0.05) is 5.16 Å². The molecule has 0 spiro atoms. The first-order valence-electron chi connectivity index (χ1n) is 6.90. The second-order valence-electron chi connectivity index (χ2n) is 5.28. The molecule has 6 nitrogen and oxygen atoms in total. The summed E-state index contributed by atoms with van der Waals surface area (Å²) in [6.07, 6.45) is 2.09. The Bertz CT molecular complexity index is 650. The van der Waals surface area contributed by atoms with Crippen molar-refractivity contribution in [3.63, 3.8) is 0 Å². The van der Waals surface area contributed by atoms with Crippen molar-refractivity contribution in [2.45, 2.75) is 32.7 Å². The van der Waals surface area contributed by atoms with Gasteiger partial charge in [0.1, 0.15) is 0 Å². The highest BCUT2D eigenvalue weighted by Gasteiger charge is 2.21. The molecule has 7 heteroatoms. The Morgan fingerprint density at radius 1 is 1.48 bits per heavy atom. The number of carbonyl (C=O) groups excluding carboxylic acids is 1. The number of hydrogen-bond acceptors (Lipinski definition) is 5. The lowest BCUT2D eigenvalue weighted by Crippen LogP contribution is -2.45. The summed E-state index contributed by atoms with van der Waals surface area (Å²) in [6, 6.07) is 1.97. The molecule has 2 aromatic rings. The highest BCUT2D eigenvalue weighted by Crippen LogP contribution is 2.22. The van der Waals surface area contributed by atoms with Crippen LogP contribution in [-0.4, -0.2) is 35.2 Å². The van der Waals surface area contributed by atoms with Crippen LogP contribution in [0.2, 0.25) is 0 Å². The second kappa shape index (κ2) is 6.41. The Labute approximate surface area is 129 Å². The van der Waals surface area contributed by atoms with Gasteiger partial charge in [0.2, 0.25) is 0 Å². The lowest BCUT2D eigenvalue weighted by molar-refractivity contribution is 0.0932. The van der Waals surface area contributed by atoms with E-state index in [0.29, 0.717) is 22.4 Å². The number of nitrogens with one attached hydrogen (secondary N) is 2. The minimum absolute atomic E-state index is 0. The van der Waals surface area contributed by atoms with Gasteiger partial charge in [-0.3, -0.25) is 4.79 Å². The van der Waals surface area contributed by atoms with E-state index in [4.69, 9.17) is 4.52 Å². The predicted octanol–water partition coefficient (Wildman–Crippen LogP) is 1.74. The van der Waals surface area contributed by atoms with Crippen LogP contribution in [0.3, 0.4) is 0 Å². The largest absolute Gasteiger partial charge is 0.348 e. The summed E-state index contributed by atoms with van der Waals surface area (Å²) in [5.74, 6) is -0.0829. The molecule has 1 aliphatic rings. The number of piperidine rings is 1. The van der Waals surface area contributed by atoms with Gasteiger partial charge in [-0.15, -0.1) is 12.4 Å². The molecule has 1 fully saturated rings. The van der Waals surface area contributed by atoms with Gasteiger partial charge in [-0.05, 0) is 39.3 Å². The first-order valence-corrected chi connectivity index (χ1v) is 6.90. The molecule has 2 N–H and O–H groups in total. The minimum Gasteiger partial charge on any atom is -0.348 e. The number of aryl methyl sites for hydroxylation is 2. The lowest BCUT2D eigenvalue weighted by atomic mass is 10.1. The summed E-state index contributed by atoms with van der Waals surface area (Å²) < 4.78 is 5.16. The van der Waals surface area contributed by atoms with Crippen LogP contribution in [0.5, 0.6) is 0 Å². The maximum atomic E-state index is 12.5. The number of nitrogens with zero attached hydrogens (tertiary/aromatic N) is 2. The fraction of sp³-hybridized carbons (Fsp3) is 0.500. The van der Waals surface area contributed by atoms with Gasteiger partial charge < -0.3 is 15.2 Å². The Morgan fingerprint density at radius 2 is 2.29 bits per heavy atom. The van der Waals surface area contributed by atoms with Crippen LogP contribution in [0.25, 0.3) is 11.1 Å². The van der Waals surface area contributed by atoms with Gasteiger partial charge in [0.25, 0.3) is 11.6 Å². The quantitative estimate of drug-likeness (QED) is 0.883. The van der Waals surface area contributed by atoms with Gasteiger partial charge >= 0.3 is 0 Å². The SMILES string of the molecule is Cc1cc(C(=O)NC2CCCNC2)c2c(C)noc2n1.Cl. The fourth-order valence-electron chi connectivity index (χ4n) is 2.63. The molecule has 0 radical (unpaired) electrons. The second-order valence-corrected chi connectivity index (χ2v) is 5.28. The highest BCUT2D eigenvalue weighted by molar-refractivity contribution is 6.06. The molecule has 3 heterocycles. The average molecular weight is 311 g/mol. The third-order valence-electron chi connectivity index (χ3n) is 3.62. The van der Waals surface area contributed by atoms with E-state index >= 15 is 0 Å². The van der Waals surface area contributed by atoms with Crippen molar-refractivity contribution in [1.29, 1.82) is 0 Å². The number of aromatic nitrogens is 2. The summed E-state index contributed by atoms with van der Waals surface area (Å²) in [7, 11) is 0. The number of amides is 1. The Hall–Kier alpha value is -1.66. The van der Waals surface area contributed by atoms with E-state index < -0.39 is 0 Å². The van der Waals surface area contributed by atoms with Crippen LogP contribution in [0.1, 0.15) is 34.6 Å². The number of carbonyl (C=O) groups is 1. The van der Waals surface area contributed by atoms with Crippen LogP contribution >= 0.6 is 12.4 Å². The Balaban J connectivity index is 0.00000161. The van der Waals surface area contributed by atoms with Crippen LogP contribution in [0, 0.1) is 13.8 Å². The smallest absolute Gasteiger partial charge is 0.258 e. The number of fused-ring (bicyclic) bond motifs is 1. The molecule has 1 saturated heterocycles. The zero-order valence-electron chi connectivity index (χ0n) is 12.1. The molecule has 1 unspecified atom stereocenters. The maximum absolute atomic E-state index is 12.5. The maximum Gasteiger partial charge on any atom is 0.258 e. The molecular formula is C14H19ClN4O2. The third kappa shape index (κ3) is 3.16. The van der Waals surface area contributed by atoms with Crippen molar-refractivity contribution >= 4 is 29.4 Å². The van der Waals surface area contributed by atoms with Crippen molar-refractivity contribution in [2.24, 2.45) is 0 Å². The molecular weight excluding hydrogens is 292 g/mol. The number of pyridine rings is 1. The monoisotopic (exact) mass is 310 g/mol. The minimum atomic E-state index is -0.0829. The average Bonchev–Trinajstić information content (AvgIpc) is 2.80. The number of halogens is 1. The first kappa shape index (κ1) is 15.7. The number of rotatable bonds is 2. The summed E-state index contributed by atoms with van der Waals surface area (Å²) in [6.45, 7) is 5.51. The van der Waals surface area contributed by atoms with Crippen molar-refractivity contribution < 1.29 is 9.32 Å². The van der Waals surface area contributed by atoms with E-state index in [1.54, 1.807) is 6.07 Å². The molecule has 114 valence electrons. The van der Waals surface area contributed by atoms with Crippen LogP contribution in [0.4, 0.5) is 0 Å². The van der Waals surface area contributed by atoms with Gasteiger partial charge in [0.15, 0.2) is 0 Å². The van der Waals surface area contributed by atoms with E-state index in [-0.39, 0.29) is 24.4 Å². The molecule has 0 bridgehead atoms. The molecule has 21 heavy (non-hydrogen) atoms. The van der Waals surface area contributed by atoms with Gasteiger partial charge in [-0.2, -0.15) is 0 Å². The van der Waals surface area contributed by atoms with E-state index in [2.05, 4.69) is 20.8 Å². The van der Waals surface area contributed by atoms with Crippen LogP contribution in [-0.2, 0) is 0 Å². The number of hydrogen-bond donors (Lipinski definition) is 2. The molecule has 2 aromatic heterocycles. The third-order valence-corrected chi connectivity index (χ3v) is 3.62.